The van der Waals surface area contributed by atoms with Crippen molar-refractivity contribution >= 4 is 28.6 Å². The Bertz CT molecular complexity index is 337. The molecule has 2 rings (SSSR count). The molecule has 0 aromatic rings. The summed E-state index contributed by atoms with van der Waals surface area (Å²) in [4.78, 5) is 11.1. The maximum Gasteiger partial charge on any atom is 0.303 e. The fourth-order valence-electron chi connectivity index (χ4n) is 2.21. The predicted molar refractivity (Wildman–Crippen MR) is 68.0 cm³/mol. The van der Waals surface area contributed by atoms with Gasteiger partial charge in [0.2, 0.25) is 0 Å². The maximum atomic E-state index is 13.8. The highest BCUT2D eigenvalue weighted by Gasteiger charge is 2.58. The van der Waals surface area contributed by atoms with Crippen molar-refractivity contribution in [1.82, 2.24) is 0 Å². The summed E-state index contributed by atoms with van der Waals surface area (Å²) in [5, 5.41) is 0. The molecule has 0 unspecified atom stereocenters. The number of hydrogen-bond donors (Lipinski definition) is 0. The van der Waals surface area contributed by atoms with Crippen LogP contribution in [0.2, 0.25) is 0 Å². The number of carbonyl (C=O) groups excluding carboxylic acids is 1. The molecular weight excluding hydrogens is 358 g/mol. The number of ether oxygens (including phenoxy) is 4. The normalized spacial score (nSPS) is 39.4. The topological polar surface area (TPSA) is 54.0 Å². The second-order valence-corrected chi connectivity index (χ2v) is 5.69. The first-order chi connectivity index (χ1) is 8.34. The van der Waals surface area contributed by atoms with E-state index in [1.807, 2.05) is 22.6 Å². The molecule has 2 aliphatic heterocycles. The molecule has 2 saturated heterocycles. The molecule has 18 heavy (non-hydrogen) atoms. The van der Waals surface area contributed by atoms with E-state index < -0.39 is 42.5 Å². The van der Waals surface area contributed by atoms with Gasteiger partial charge in [-0.2, -0.15) is 0 Å². The average Bonchev–Trinajstić information content (AvgIpc) is 2.71. The Hall–Kier alpha value is 0.01000. The van der Waals surface area contributed by atoms with Gasteiger partial charge in [0.15, 0.2) is 24.3 Å². The van der Waals surface area contributed by atoms with E-state index in [1.165, 1.54) is 6.92 Å². The van der Waals surface area contributed by atoms with Crippen molar-refractivity contribution in [2.75, 3.05) is 4.43 Å². The van der Waals surface area contributed by atoms with E-state index in [-0.39, 0.29) is 4.43 Å². The standard InChI is InChI=1S/C11H16FIO5/c1-5(14)15-8-7(6(12)4-13)16-10-9(8)17-11(2,3)18-10/h6-10H,4H2,1-3H3/t6-,7-,8+,9-,10-/m1/s1. The van der Waals surface area contributed by atoms with Crippen LogP contribution in [0.1, 0.15) is 20.8 Å². The summed E-state index contributed by atoms with van der Waals surface area (Å²) < 4.78 is 35.8. The zero-order chi connectivity index (χ0) is 13.5. The second kappa shape index (κ2) is 5.18. The minimum absolute atomic E-state index is 0.253. The monoisotopic (exact) mass is 374 g/mol. The third-order valence-corrected chi connectivity index (χ3v) is 3.67. The molecule has 0 saturated carbocycles. The van der Waals surface area contributed by atoms with Gasteiger partial charge in [0, 0.05) is 11.4 Å². The molecule has 0 aliphatic carbocycles. The van der Waals surface area contributed by atoms with Gasteiger partial charge in [-0.3, -0.25) is 4.79 Å². The van der Waals surface area contributed by atoms with Gasteiger partial charge in [-0.15, -0.1) is 0 Å². The van der Waals surface area contributed by atoms with Crippen LogP contribution >= 0.6 is 22.6 Å². The quantitative estimate of drug-likeness (QED) is 0.427. The fraction of sp³-hybridized carbons (Fsp3) is 0.909. The molecule has 2 fully saturated rings. The van der Waals surface area contributed by atoms with Gasteiger partial charge in [0.1, 0.15) is 12.3 Å². The lowest BCUT2D eigenvalue weighted by molar-refractivity contribution is -0.224. The Kier molecular flexibility index (Phi) is 4.15. The average molecular weight is 374 g/mol. The van der Waals surface area contributed by atoms with Crippen molar-refractivity contribution in [2.24, 2.45) is 0 Å². The molecule has 5 nitrogen and oxygen atoms in total. The van der Waals surface area contributed by atoms with Crippen LogP contribution in [0.4, 0.5) is 4.39 Å². The summed E-state index contributed by atoms with van der Waals surface area (Å²) in [7, 11) is 0. The number of alkyl halides is 2. The number of hydrogen-bond acceptors (Lipinski definition) is 5. The molecule has 2 aliphatic rings. The Morgan fingerprint density at radius 2 is 2.17 bits per heavy atom. The molecule has 7 heteroatoms. The minimum Gasteiger partial charge on any atom is -0.457 e. The van der Waals surface area contributed by atoms with Crippen molar-refractivity contribution in [2.45, 2.75) is 57.3 Å². The number of carbonyl (C=O) groups is 1. The Morgan fingerprint density at radius 1 is 1.50 bits per heavy atom. The van der Waals surface area contributed by atoms with Crippen LogP contribution in [0.15, 0.2) is 0 Å². The van der Waals surface area contributed by atoms with Crippen LogP contribution in [0.3, 0.4) is 0 Å². The minimum atomic E-state index is -1.23. The lowest BCUT2D eigenvalue weighted by Crippen LogP contribution is -2.42. The van der Waals surface area contributed by atoms with E-state index in [4.69, 9.17) is 18.9 Å². The predicted octanol–water partition coefficient (Wildman–Crippen LogP) is 1.57. The van der Waals surface area contributed by atoms with Crippen molar-refractivity contribution < 1.29 is 28.1 Å². The summed E-state index contributed by atoms with van der Waals surface area (Å²) in [5.41, 5.74) is 0. The smallest absolute Gasteiger partial charge is 0.303 e. The highest BCUT2D eigenvalue weighted by Crippen LogP contribution is 2.40. The second-order valence-electron chi connectivity index (χ2n) is 4.81. The van der Waals surface area contributed by atoms with Gasteiger partial charge in [-0.05, 0) is 13.8 Å². The first-order valence-electron chi connectivity index (χ1n) is 5.72. The van der Waals surface area contributed by atoms with Crippen LogP contribution in [0.25, 0.3) is 0 Å². The van der Waals surface area contributed by atoms with Crippen molar-refractivity contribution in [3.8, 4) is 0 Å². The van der Waals surface area contributed by atoms with Gasteiger partial charge in [-0.1, -0.05) is 22.6 Å². The number of rotatable bonds is 3. The van der Waals surface area contributed by atoms with E-state index in [0.29, 0.717) is 0 Å². The van der Waals surface area contributed by atoms with E-state index in [2.05, 4.69) is 0 Å². The SMILES string of the molecule is CC(=O)O[C@@H]1[C@H]2OC(C)(C)O[C@H]2O[C@@H]1[C@H](F)CI. The molecule has 0 aromatic carbocycles. The zero-order valence-corrected chi connectivity index (χ0v) is 12.5. The lowest BCUT2D eigenvalue weighted by Gasteiger charge is -2.26. The molecule has 5 atom stereocenters. The highest BCUT2D eigenvalue weighted by atomic mass is 127. The van der Waals surface area contributed by atoms with Crippen molar-refractivity contribution in [3.63, 3.8) is 0 Å². The van der Waals surface area contributed by atoms with E-state index >= 15 is 0 Å². The zero-order valence-electron chi connectivity index (χ0n) is 10.4. The van der Waals surface area contributed by atoms with E-state index in [9.17, 15) is 9.18 Å². The first kappa shape index (κ1) is 14.4. The van der Waals surface area contributed by atoms with E-state index in [1.54, 1.807) is 13.8 Å². The van der Waals surface area contributed by atoms with E-state index in [0.717, 1.165) is 0 Å². The van der Waals surface area contributed by atoms with Gasteiger partial charge in [0.05, 0.1) is 0 Å². The molecule has 0 spiro atoms. The molecular formula is C11H16FIO5. The fourth-order valence-corrected chi connectivity index (χ4v) is 2.71. The lowest BCUT2D eigenvalue weighted by atomic mass is 10.1. The van der Waals surface area contributed by atoms with Crippen LogP contribution < -0.4 is 0 Å². The van der Waals surface area contributed by atoms with Crippen LogP contribution in [0.5, 0.6) is 0 Å². The van der Waals surface area contributed by atoms with Gasteiger partial charge in [0.25, 0.3) is 0 Å². The van der Waals surface area contributed by atoms with Crippen LogP contribution in [-0.2, 0) is 23.7 Å². The van der Waals surface area contributed by atoms with Gasteiger partial charge >= 0.3 is 5.97 Å². The molecule has 0 amide bonds. The van der Waals surface area contributed by atoms with Crippen LogP contribution in [0, 0.1) is 0 Å². The molecule has 104 valence electrons. The molecule has 0 N–H and O–H groups in total. The number of halogens is 2. The summed E-state index contributed by atoms with van der Waals surface area (Å²) in [6.07, 6.45) is -4.09. The first-order valence-corrected chi connectivity index (χ1v) is 7.25. The Balaban J connectivity index is 2.14. The third kappa shape index (κ3) is 2.78. The molecule has 0 bridgehead atoms. The molecule has 0 aromatic heterocycles. The maximum absolute atomic E-state index is 13.8. The number of fused-ring (bicyclic) bond motifs is 1. The summed E-state index contributed by atoms with van der Waals surface area (Å²) in [6, 6.07) is 0. The van der Waals surface area contributed by atoms with Gasteiger partial charge < -0.3 is 18.9 Å². The largest absolute Gasteiger partial charge is 0.457 e. The molecule has 2 heterocycles. The third-order valence-electron chi connectivity index (χ3n) is 2.83. The van der Waals surface area contributed by atoms with Crippen LogP contribution in [-0.4, -0.2) is 47.0 Å². The molecule has 0 radical (unpaired) electrons. The Labute approximate surface area is 118 Å². The van der Waals surface area contributed by atoms with Gasteiger partial charge in [-0.25, -0.2) is 4.39 Å². The highest BCUT2D eigenvalue weighted by molar-refractivity contribution is 14.1. The summed E-state index contributed by atoms with van der Waals surface area (Å²) >= 11 is 1.92. The number of esters is 1. The van der Waals surface area contributed by atoms with Crippen molar-refractivity contribution in [1.29, 1.82) is 0 Å². The summed E-state index contributed by atoms with van der Waals surface area (Å²) in [6.45, 7) is 4.75. The summed E-state index contributed by atoms with van der Waals surface area (Å²) in [5.74, 6) is -1.29. The Morgan fingerprint density at radius 3 is 2.72 bits per heavy atom. The van der Waals surface area contributed by atoms with Crippen molar-refractivity contribution in [3.05, 3.63) is 0 Å².